The molecule has 0 aliphatic heterocycles. The minimum atomic E-state index is -0.106. The molecular weight excluding hydrogens is 328 g/mol. The Bertz CT molecular complexity index is 729. The van der Waals surface area contributed by atoms with Gasteiger partial charge >= 0.3 is 0 Å². The molecule has 0 spiro atoms. The molecule has 0 aliphatic rings. The van der Waals surface area contributed by atoms with Crippen LogP contribution in [0.15, 0.2) is 42.5 Å². The third-order valence-corrected chi connectivity index (χ3v) is 4.05. The highest BCUT2D eigenvalue weighted by Crippen LogP contribution is 2.21. The van der Waals surface area contributed by atoms with E-state index in [1.165, 1.54) is 5.56 Å². The second kappa shape index (κ2) is 9.94. The van der Waals surface area contributed by atoms with Crippen LogP contribution in [0.2, 0.25) is 0 Å². The van der Waals surface area contributed by atoms with Crippen LogP contribution in [0, 0.1) is 0 Å². The van der Waals surface area contributed by atoms with Gasteiger partial charge in [0.1, 0.15) is 5.75 Å². The lowest BCUT2D eigenvalue weighted by molar-refractivity contribution is 0.0950. The summed E-state index contributed by atoms with van der Waals surface area (Å²) in [6.07, 6.45) is 0. The van der Waals surface area contributed by atoms with Crippen LogP contribution in [0.1, 0.15) is 34.0 Å². The standard InChI is InChI=1S/C21H28N2O3/c1-5-26-15-19-12-16(10-11-20(19)25-4)21(24)22-13-17-8-6-7-9-18(17)14-23(2)3/h6-12H,5,13-15H2,1-4H3,(H,22,24). The van der Waals surface area contributed by atoms with E-state index in [1.54, 1.807) is 13.2 Å². The monoisotopic (exact) mass is 356 g/mol. The summed E-state index contributed by atoms with van der Waals surface area (Å²) in [5.74, 6) is 0.622. The maximum atomic E-state index is 12.6. The number of nitrogens with zero attached hydrogens (tertiary/aromatic N) is 1. The molecule has 2 aromatic carbocycles. The number of carbonyl (C=O) groups is 1. The number of nitrogens with one attached hydrogen (secondary N) is 1. The molecule has 0 saturated carbocycles. The lowest BCUT2D eigenvalue weighted by atomic mass is 10.1. The normalized spacial score (nSPS) is 10.8. The molecule has 5 nitrogen and oxygen atoms in total. The van der Waals surface area contributed by atoms with Crippen molar-refractivity contribution in [2.24, 2.45) is 0 Å². The van der Waals surface area contributed by atoms with Crippen molar-refractivity contribution in [2.75, 3.05) is 27.8 Å². The summed E-state index contributed by atoms with van der Waals surface area (Å²) >= 11 is 0. The second-order valence-corrected chi connectivity index (χ2v) is 6.35. The van der Waals surface area contributed by atoms with E-state index in [1.807, 2.05) is 51.4 Å². The second-order valence-electron chi connectivity index (χ2n) is 6.35. The fraction of sp³-hybridized carbons (Fsp3) is 0.381. The number of hydrogen-bond acceptors (Lipinski definition) is 4. The van der Waals surface area contributed by atoms with Crippen molar-refractivity contribution in [1.82, 2.24) is 10.2 Å². The van der Waals surface area contributed by atoms with Gasteiger partial charge in [0.05, 0.1) is 13.7 Å². The molecule has 0 aliphatic carbocycles. The number of benzene rings is 2. The highest BCUT2D eigenvalue weighted by atomic mass is 16.5. The first-order valence-electron chi connectivity index (χ1n) is 8.79. The van der Waals surface area contributed by atoms with Crippen molar-refractivity contribution in [3.05, 3.63) is 64.7 Å². The predicted molar refractivity (Wildman–Crippen MR) is 103 cm³/mol. The van der Waals surface area contributed by atoms with Crippen LogP contribution in [-0.2, 0) is 24.4 Å². The molecule has 0 unspecified atom stereocenters. The summed E-state index contributed by atoms with van der Waals surface area (Å²) in [5, 5.41) is 3.01. The zero-order chi connectivity index (χ0) is 18.9. The average molecular weight is 356 g/mol. The first-order valence-corrected chi connectivity index (χ1v) is 8.79. The summed E-state index contributed by atoms with van der Waals surface area (Å²) in [6.45, 7) is 4.31. The topological polar surface area (TPSA) is 50.8 Å². The Morgan fingerprint density at radius 1 is 1.08 bits per heavy atom. The van der Waals surface area contributed by atoms with E-state index >= 15 is 0 Å². The van der Waals surface area contributed by atoms with Gasteiger partial charge in [-0.25, -0.2) is 0 Å². The van der Waals surface area contributed by atoms with Crippen LogP contribution < -0.4 is 10.1 Å². The Morgan fingerprint density at radius 2 is 1.81 bits per heavy atom. The molecular formula is C21H28N2O3. The van der Waals surface area contributed by atoms with Gasteiger partial charge in [0.2, 0.25) is 0 Å². The Kier molecular flexibility index (Phi) is 7.63. The number of carbonyl (C=O) groups excluding carboxylic acids is 1. The zero-order valence-electron chi connectivity index (χ0n) is 16.0. The fourth-order valence-electron chi connectivity index (χ4n) is 2.75. The molecule has 140 valence electrons. The third-order valence-electron chi connectivity index (χ3n) is 4.05. The number of amides is 1. The third kappa shape index (κ3) is 5.58. The molecule has 2 aromatic rings. The molecule has 26 heavy (non-hydrogen) atoms. The quantitative estimate of drug-likeness (QED) is 0.749. The van der Waals surface area contributed by atoms with Crippen molar-refractivity contribution >= 4 is 5.91 Å². The summed E-state index contributed by atoms with van der Waals surface area (Å²) in [4.78, 5) is 14.7. The molecule has 0 heterocycles. The summed E-state index contributed by atoms with van der Waals surface area (Å²) < 4.78 is 10.8. The van der Waals surface area contributed by atoms with Gasteiger partial charge in [-0.1, -0.05) is 24.3 Å². The van der Waals surface area contributed by atoms with Gasteiger partial charge in [0, 0.05) is 30.8 Å². The molecule has 0 bridgehead atoms. The first-order chi connectivity index (χ1) is 12.5. The Balaban J connectivity index is 2.08. The van der Waals surface area contributed by atoms with Gasteiger partial charge < -0.3 is 19.7 Å². The van der Waals surface area contributed by atoms with Crippen LogP contribution in [0.3, 0.4) is 0 Å². The Morgan fingerprint density at radius 3 is 2.46 bits per heavy atom. The van der Waals surface area contributed by atoms with Crippen molar-refractivity contribution in [1.29, 1.82) is 0 Å². The molecule has 0 atom stereocenters. The van der Waals surface area contributed by atoms with E-state index in [-0.39, 0.29) is 5.91 Å². The molecule has 0 radical (unpaired) electrons. The maximum absolute atomic E-state index is 12.6. The number of hydrogen-bond donors (Lipinski definition) is 1. The van der Waals surface area contributed by atoms with E-state index in [4.69, 9.17) is 9.47 Å². The molecule has 0 fully saturated rings. The largest absolute Gasteiger partial charge is 0.496 e. The number of methoxy groups -OCH3 is 1. The maximum Gasteiger partial charge on any atom is 0.251 e. The van der Waals surface area contributed by atoms with E-state index in [2.05, 4.69) is 16.3 Å². The predicted octanol–water partition coefficient (Wildman–Crippen LogP) is 3.22. The van der Waals surface area contributed by atoms with Gasteiger partial charge in [0.25, 0.3) is 5.91 Å². The van der Waals surface area contributed by atoms with Gasteiger partial charge in [0.15, 0.2) is 0 Å². The smallest absolute Gasteiger partial charge is 0.251 e. The Labute approximate surface area is 155 Å². The van der Waals surface area contributed by atoms with Crippen molar-refractivity contribution in [3.63, 3.8) is 0 Å². The van der Waals surface area contributed by atoms with E-state index in [0.29, 0.717) is 25.3 Å². The first kappa shape index (κ1) is 19.9. The van der Waals surface area contributed by atoms with Gasteiger partial charge in [-0.05, 0) is 50.3 Å². The Hall–Kier alpha value is -2.37. The minimum Gasteiger partial charge on any atom is -0.496 e. The molecule has 5 heteroatoms. The van der Waals surface area contributed by atoms with Crippen LogP contribution >= 0.6 is 0 Å². The van der Waals surface area contributed by atoms with Crippen LogP contribution in [-0.4, -0.2) is 38.6 Å². The SMILES string of the molecule is CCOCc1cc(C(=O)NCc2ccccc2CN(C)C)ccc1OC. The van der Waals surface area contributed by atoms with Gasteiger partial charge in [-0.3, -0.25) is 4.79 Å². The highest BCUT2D eigenvalue weighted by molar-refractivity contribution is 5.94. The van der Waals surface area contributed by atoms with Crippen LogP contribution in [0.4, 0.5) is 0 Å². The van der Waals surface area contributed by atoms with E-state index in [9.17, 15) is 4.79 Å². The van der Waals surface area contributed by atoms with Gasteiger partial charge in [-0.2, -0.15) is 0 Å². The molecule has 0 aromatic heterocycles. The minimum absolute atomic E-state index is 0.106. The van der Waals surface area contributed by atoms with Crippen LogP contribution in [0.5, 0.6) is 5.75 Å². The summed E-state index contributed by atoms with van der Waals surface area (Å²) in [7, 11) is 5.69. The van der Waals surface area contributed by atoms with Crippen molar-refractivity contribution in [2.45, 2.75) is 26.6 Å². The van der Waals surface area contributed by atoms with Crippen molar-refractivity contribution < 1.29 is 14.3 Å². The number of ether oxygens (including phenoxy) is 2. The fourth-order valence-corrected chi connectivity index (χ4v) is 2.75. The van der Waals surface area contributed by atoms with E-state index < -0.39 is 0 Å². The van der Waals surface area contributed by atoms with Crippen LogP contribution in [0.25, 0.3) is 0 Å². The van der Waals surface area contributed by atoms with Crippen molar-refractivity contribution in [3.8, 4) is 5.75 Å². The molecule has 0 saturated heterocycles. The van der Waals surface area contributed by atoms with Gasteiger partial charge in [-0.15, -0.1) is 0 Å². The molecule has 2 rings (SSSR count). The average Bonchev–Trinajstić information content (AvgIpc) is 2.64. The summed E-state index contributed by atoms with van der Waals surface area (Å²) in [5.41, 5.74) is 3.81. The highest BCUT2D eigenvalue weighted by Gasteiger charge is 2.11. The summed E-state index contributed by atoms with van der Waals surface area (Å²) in [6, 6.07) is 13.6. The van der Waals surface area contributed by atoms with E-state index in [0.717, 1.165) is 23.4 Å². The zero-order valence-corrected chi connectivity index (χ0v) is 16.0. The molecule has 1 N–H and O–H groups in total. The molecule has 1 amide bonds. The number of rotatable bonds is 9. The lowest BCUT2D eigenvalue weighted by Gasteiger charge is -2.15. The lowest BCUT2D eigenvalue weighted by Crippen LogP contribution is -2.24.